The number of hydrogen-bond donors (Lipinski definition) is 2. The molecule has 1 aliphatic rings. The average Bonchev–Trinajstić information content (AvgIpc) is 2.62. The van der Waals surface area contributed by atoms with Crippen LogP contribution in [0, 0.1) is 0 Å². The lowest BCUT2D eigenvalue weighted by Gasteiger charge is -2.34. The number of nitrogens with zero attached hydrogens (tertiary/aromatic N) is 1. The van der Waals surface area contributed by atoms with Crippen molar-refractivity contribution in [1.29, 1.82) is 0 Å². The van der Waals surface area contributed by atoms with Crippen molar-refractivity contribution in [2.75, 3.05) is 18.4 Å². The van der Waals surface area contributed by atoms with E-state index in [-0.39, 0.29) is 18.4 Å². The molecule has 2 N–H and O–H groups in total. The van der Waals surface area contributed by atoms with Crippen LogP contribution in [0.2, 0.25) is 10.0 Å². The van der Waals surface area contributed by atoms with Gasteiger partial charge in [-0.3, -0.25) is 14.4 Å². The number of carbonyl (C=O) groups is 3. The molecule has 0 radical (unpaired) electrons. The van der Waals surface area contributed by atoms with Gasteiger partial charge in [-0.1, -0.05) is 29.8 Å². The molecule has 1 heterocycles. The maximum Gasteiger partial charge on any atom is 0.247 e. The van der Waals surface area contributed by atoms with Crippen LogP contribution in [-0.4, -0.2) is 41.8 Å². The van der Waals surface area contributed by atoms with Gasteiger partial charge in [0.1, 0.15) is 6.04 Å². The van der Waals surface area contributed by atoms with E-state index in [4.69, 9.17) is 23.2 Å². The highest BCUT2D eigenvalue weighted by molar-refractivity contribution is 6.35. The second-order valence-electron chi connectivity index (χ2n) is 5.63. The van der Waals surface area contributed by atoms with Crippen LogP contribution in [0.5, 0.6) is 0 Å². The third kappa shape index (κ3) is 5.21. The van der Waals surface area contributed by atoms with Crippen LogP contribution in [0.25, 0.3) is 0 Å². The Bertz CT molecular complexity index is 694. The summed E-state index contributed by atoms with van der Waals surface area (Å²) in [5, 5.41) is 5.98. The Labute approximate surface area is 156 Å². The fraction of sp³-hybridized carbons (Fsp3) is 0.353. The van der Waals surface area contributed by atoms with Gasteiger partial charge in [-0.2, -0.15) is 0 Å². The fourth-order valence-electron chi connectivity index (χ4n) is 2.65. The van der Waals surface area contributed by atoms with Gasteiger partial charge in [0.15, 0.2) is 0 Å². The van der Waals surface area contributed by atoms with Gasteiger partial charge in [0.05, 0.1) is 17.3 Å². The van der Waals surface area contributed by atoms with Crippen LogP contribution in [0.15, 0.2) is 30.9 Å². The van der Waals surface area contributed by atoms with E-state index in [0.29, 0.717) is 28.7 Å². The van der Waals surface area contributed by atoms with Gasteiger partial charge in [0.25, 0.3) is 0 Å². The zero-order chi connectivity index (χ0) is 18.4. The maximum absolute atomic E-state index is 12.6. The maximum atomic E-state index is 12.6. The first-order valence-electron chi connectivity index (χ1n) is 7.88. The van der Waals surface area contributed by atoms with E-state index in [9.17, 15) is 14.4 Å². The number of amides is 3. The zero-order valence-electron chi connectivity index (χ0n) is 13.6. The molecule has 8 heteroatoms. The predicted molar refractivity (Wildman–Crippen MR) is 97.7 cm³/mol. The van der Waals surface area contributed by atoms with E-state index in [1.54, 1.807) is 18.2 Å². The lowest BCUT2D eigenvalue weighted by Crippen LogP contribution is -2.52. The third-order valence-corrected chi connectivity index (χ3v) is 4.48. The van der Waals surface area contributed by atoms with Crippen molar-refractivity contribution in [2.24, 2.45) is 0 Å². The van der Waals surface area contributed by atoms with E-state index < -0.39 is 11.9 Å². The highest BCUT2D eigenvalue weighted by Gasteiger charge is 2.32. The molecule has 1 fully saturated rings. The monoisotopic (exact) mass is 383 g/mol. The summed E-state index contributed by atoms with van der Waals surface area (Å²) in [5.41, 5.74) is 0.400. The molecular formula is C17H19Cl2N3O3. The van der Waals surface area contributed by atoms with Gasteiger partial charge < -0.3 is 15.5 Å². The number of hydrogen-bond acceptors (Lipinski definition) is 3. The Balaban J connectivity index is 2.07. The summed E-state index contributed by atoms with van der Waals surface area (Å²) in [4.78, 5) is 37.7. The van der Waals surface area contributed by atoms with Crippen LogP contribution in [0.1, 0.15) is 19.3 Å². The molecule has 3 amide bonds. The Morgan fingerprint density at radius 1 is 1.28 bits per heavy atom. The Morgan fingerprint density at radius 3 is 2.76 bits per heavy atom. The normalized spacial score (nSPS) is 16.9. The first-order valence-corrected chi connectivity index (χ1v) is 8.63. The molecule has 1 aliphatic heterocycles. The van der Waals surface area contributed by atoms with Gasteiger partial charge in [-0.15, -0.1) is 0 Å². The minimum Gasteiger partial charge on any atom is -0.343 e. The third-order valence-electron chi connectivity index (χ3n) is 3.91. The van der Waals surface area contributed by atoms with Gasteiger partial charge in [0, 0.05) is 11.6 Å². The quantitative estimate of drug-likeness (QED) is 0.767. The van der Waals surface area contributed by atoms with Crippen molar-refractivity contribution >= 4 is 46.6 Å². The molecule has 1 saturated heterocycles. The number of carbonyl (C=O) groups excluding carboxylic acids is 3. The second kappa shape index (κ2) is 8.87. The summed E-state index contributed by atoms with van der Waals surface area (Å²) in [6, 6.07) is 4.16. The summed E-state index contributed by atoms with van der Waals surface area (Å²) in [5.74, 6) is -1.07. The van der Waals surface area contributed by atoms with Crippen LogP contribution in [-0.2, 0) is 14.4 Å². The van der Waals surface area contributed by atoms with Crippen molar-refractivity contribution in [3.63, 3.8) is 0 Å². The summed E-state index contributed by atoms with van der Waals surface area (Å²) in [6.45, 7) is 3.62. The topological polar surface area (TPSA) is 78.5 Å². The van der Waals surface area contributed by atoms with Crippen molar-refractivity contribution in [3.05, 3.63) is 40.9 Å². The SMILES string of the molecule is C=CC(=O)NCC(=O)N1CCCCC1C(=O)Nc1cc(Cl)ccc1Cl. The first kappa shape index (κ1) is 19.3. The lowest BCUT2D eigenvalue weighted by molar-refractivity contribution is -0.140. The molecule has 0 spiro atoms. The predicted octanol–water partition coefficient (Wildman–Crippen LogP) is 2.62. The Kier molecular flexibility index (Phi) is 6.84. The molecule has 0 aliphatic carbocycles. The number of rotatable bonds is 5. The van der Waals surface area contributed by atoms with Crippen molar-refractivity contribution in [1.82, 2.24) is 10.2 Å². The van der Waals surface area contributed by atoms with Crippen LogP contribution in [0.3, 0.4) is 0 Å². The van der Waals surface area contributed by atoms with E-state index in [0.717, 1.165) is 18.9 Å². The number of halogens is 2. The highest BCUT2D eigenvalue weighted by atomic mass is 35.5. The zero-order valence-corrected chi connectivity index (χ0v) is 15.1. The summed E-state index contributed by atoms with van der Waals surface area (Å²) in [7, 11) is 0. The number of piperidine rings is 1. The number of anilines is 1. The molecule has 0 aromatic heterocycles. The molecule has 1 aromatic rings. The van der Waals surface area contributed by atoms with Crippen molar-refractivity contribution in [2.45, 2.75) is 25.3 Å². The number of benzene rings is 1. The van der Waals surface area contributed by atoms with E-state index >= 15 is 0 Å². The number of likely N-dealkylation sites (tertiary alicyclic amines) is 1. The minimum atomic E-state index is -0.614. The van der Waals surface area contributed by atoms with E-state index in [2.05, 4.69) is 17.2 Å². The molecule has 2 rings (SSSR count). The van der Waals surface area contributed by atoms with Gasteiger partial charge in [-0.05, 0) is 43.5 Å². The van der Waals surface area contributed by atoms with Gasteiger partial charge in [0.2, 0.25) is 17.7 Å². The molecule has 1 unspecified atom stereocenters. The summed E-state index contributed by atoms with van der Waals surface area (Å²) < 4.78 is 0. The fourth-order valence-corrected chi connectivity index (χ4v) is 2.99. The van der Waals surface area contributed by atoms with Crippen molar-refractivity contribution in [3.8, 4) is 0 Å². The Morgan fingerprint density at radius 2 is 2.04 bits per heavy atom. The molecule has 1 aromatic carbocycles. The summed E-state index contributed by atoms with van der Waals surface area (Å²) in [6.07, 6.45) is 3.28. The Hall–Kier alpha value is -2.05. The molecular weight excluding hydrogens is 365 g/mol. The van der Waals surface area contributed by atoms with Crippen LogP contribution in [0.4, 0.5) is 5.69 Å². The molecule has 1 atom stereocenters. The first-order chi connectivity index (χ1) is 11.9. The lowest BCUT2D eigenvalue weighted by atomic mass is 10.0. The largest absolute Gasteiger partial charge is 0.343 e. The molecule has 0 bridgehead atoms. The molecule has 134 valence electrons. The van der Waals surface area contributed by atoms with E-state index in [1.807, 2.05) is 0 Å². The molecule has 0 saturated carbocycles. The molecule has 25 heavy (non-hydrogen) atoms. The van der Waals surface area contributed by atoms with Crippen LogP contribution < -0.4 is 10.6 Å². The summed E-state index contributed by atoms with van der Waals surface area (Å²) >= 11 is 12.0. The van der Waals surface area contributed by atoms with E-state index in [1.165, 1.54) is 4.90 Å². The standard InChI is InChI=1S/C17H19Cl2N3O3/c1-2-15(23)20-10-16(24)22-8-4-3-5-14(22)17(25)21-13-9-11(18)6-7-12(13)19/h2,6-7,9,14H,1,3-5,8,10H2,(H,20,23)(H,21,25). The van der Waals surface area contributed by atoms with Crippen LogP contribution >= 0.6 is 23.2 Å². The highest BCUT2D eigenvalue weighted by Crippen LogP contribution is 2.27. The smallest absolute Gasteiger partial charge is 0.247 e. The second-order valence-corrected chi connectivity index (χ2v) is 6.48. The average molecular weight is 384 g/mol. The molecule has 6 nitrogen and oxygen atoms in total. The van der Waals surface area contributed by atoms with Gasteiger partial charge >= 0.3 is 0 Å². The minimum absolute atomic E-state index is 0.174. The van der Waals surface area contributed by atoms with Crippen molar-refractivity contribution < 1.29 is 14.4 Å². The van der Waals surface area contributed by atoms with Gasteiger partial charge in [-0.25, -0.2) is 0 Å². The number of nitrogens with one attached hydrogen (secondary N) is 2.